The van der Waals surface area contributed by atoms with Crippen LogP contribution in [0.3, 0.4) is 0 Å². The van der Waals surface area contributed by atoms with Crippen LogP contribution in [0, 0.1) is 0 Å². The smallest absolute Gasteiger partial charge is 0.265 e. The standard InChI is InChI=1S/C4H5N3O/c1-2-7(1)4-5-3-8-6-4/h3H,1-2H2. The first-order valence-electron chi connectivity index (χ1n) is 2.48. The fourth-order valence-electron chi connectivity index (χ4n) is 0.554. The zero-order chi connectivity index (χ0) is 5.40. The molecule has 0 aromatic carbocycles. The van der Waals surface area contributed by atoms with E-state index in [1.165, 1.54) is 6.39 Å². The molecular weight excluding hydrogens is 106 g/mol. The summed E-state index contributed by atoms with van der Waals surface area (Å²) in [5.41, 5.74) is 0. The van der Waals surface area contributed by atoms with Crippen LogP contribution in [0.15, 0.2) is 10.9 Å². The van der Waals surface area contributed by atoms with Crippen LogP contribution in [0.25, 0.3) is 0 Å². The molecule has 0 spiro atoms. The molecule has 0 aliphatic carbocycles. The summed E-state index contributed by atoms with van der Waals surface area (Å²) in [5.74, 6) is 0.713. The first-order valence-corrected chi connectivity index (χ1v) is 2.48. The maximum absolute atomic E-state index is 4.51. The van der Waals surface area contributed by atoms with E-state index in [2.05, 4.69) is 14.7 Å². The molecule has 0 N–H and O–H groups in total. The summed E-state index contributed by atoms with van der Waals surface area (Å²) in [6.07, 6.45) is 1.34. The van der Waals surface area contributed by atoms with Gasteiger partial charge in [-0.25, -0.2) is 0 Å². The molecule has 1 aromatic rings. The van der Waals surface area contributed by atoms with Gasteiger partial charge < -0.3 is 9.42 Å². The third-order valence-electron chi connectivity index (χ3n) is 1.08. The number of hydrogen-bond acceptors (Lipinski definition) is 4. The molecule has 2 heterocycles. The lowest BCUT2D eigenvalue weighted by Crippen LogP contribution is -1.91. The summed E-state index contributed by atoms with van der Waals surface area (Å²) in [7, 11) is 0. The van der Waals surface area contributed by atoms with Gasteiger partial charge in [-0.15, -0.1) is 0 Å². The van der Waals surface area contributed by atoms with Crippen molar-refractivity contribution in [3.8, 4) is 0 Å². The number of nitrogens with zero attached hydrogens (tertiary/aromatic N) is 3. The Labute approximate surface area is 46.1 Å². The molecule has 0 saturated carbocycles. The minimum atomic E-state index is 0.713. The van der Waals surface area contributed by atoms with E-state index >= 15 is 0 Å². The number of hydrogen-bond donors (Lipinski definition) is 0. The molecule has 0 radical (unpaired) electrons. The lowest BCUT2D eigenvalue weighted by atomic mass is 11.0. The molecule has 8 heavy (non-hydrogen) atoms. The Morgan fingerprint density at radius 3 is 3.00 bits per heavy atom. The highest BCUT2D eigenvalue weighted by Gasteiger charge is 2.21. The Kier molecular flexibility index (Phi) is 0.588. The quantitative estimate of drug-likeness (QED) is 0.474. The Morgan fingerprint density at radius 1 is 1.62 bits per heavy atom. The Balaban J connectivity index is 2.28. The van der Waals surface area contributed by atoms with E-state index in [4.69, 9.17) is 0 Å². The van der Waals surface area contributed by atoms with Crippen LogP contribution >= 0.6 is 0 Å². The number of aromatic nitrogens is 2. The van der Waals surface area contributed by atoms with E-state index in [0.29, 0.717) is 5.95 Å². The molecule has 1 aliphatic rings. The predicted octanol–water partition coefficient (Wildman–Crippen LogP) is -0.110. The Bertz CT molecular complexity index is 167. The van der Waals surface area contributed by atoms with Crippen molar-refractivity contribution in [1.29, 1.82) is 0 Å². The summed E-state index contributed by atoms with van der Waals surface area (Å²) >= 11 is 0. The summed E-state index contributed by atoms with van der Waals surface area (Å²) < 4.78 is 4.51. The predicted molar refractivity (Wildman–Crippen MR) is 26.5 cm³/mol. The van der Waals surface area contributed by atoms with Gasteiger partial charge in [0.25, 0.3) is 5.95 Å². The zero-order valence-corrected chi connectivity index (χ0v) is 4.24. The van der Waals surface area contributed by atoms with Crippen molar-refractivity contribution >= 4 is 5.95 Å². The van der Waals surface area contributed by atoms with Gasteiger partial charge in [-0.2, -0.15) is 4.98 Å². The van der Waals surface area contributed by atoms with Crippen LogP contribution in [0.2, 0.25) is 0 Å². The zero-order valence-electron chi connectivity index (χ0n) is 4.24. The minimum absolute atomic E-state index is 0.713. The molecule has 4 nitrogen and oxygen atoms in total. The van der Waals surface area contributed by atoms with E-state index in [1.54, 1.807) is 0 Å². The minimum Gasteiger partial charge on any atom is -0.341 e. The molecule has 1 saturated heterocycles. The van der Waals surface area contributed by atoms with E-state index in [-0.39, 0.29) is 0 Å². The summed E-state index contributed by atoms with van der Waals surface area (Å²) in [4.78, 5) is 5.84. The highest BCUT2D eigenvalue weighted by molar-refractivity contribution is 5.34. The monoisotopic (exact) mass is 111 g/mol. The fraction of sp³-hybridized carbons (Fsp3) is 0.500. The maximum Gasteiger partial charge on any atom is 0.265 e. The van der Waals surface area contributed by atoms with E-state index < -0.39 is 0 Å². The third-order valence-corrected chi connectivity index (χ3v) is 1.08. The largest absolute Gasteiger partial charge is 0.341 e. The molecule has 42 valence electrons. The summed E-state index contributed by atoms with van der Waals surface area (Å²) in [6, 6.07) is 0. The van der Waals surface area contributed by atoms with Gasteiger partial charge in [0, 0.05) is 13.1 Å². The normalized spacial score (nSPS) is 16.8. The molecule has 0 unspecified atom stereocenters. The highest BCUT2D eigenvalue weighted by atomic mass is 16.5. The van der Waals surface area contributed by atoms with E-state index in [0.717, 1.165) is 13.1 Å². The Hall–Kier alpha value is -1.06. The molecule has 1 fully saturated rings. The molecule has 4 heteroatoms. The van der Waals surface area contributed by atoms with Crippen LogP contribution in [0.1, 0.15) is 0 Å². The van der Waals surface area contributed by atoms with Gasteiger partial charge in [-0.05, 0) is 5.16 Å². The Morgan fingerprint density at radius 2 is 2.50 bits per heavy atom. The molecular formula is C4H5N3O. The summed E-state index contributed by atoms with van der Waals surface area (Å²) in [5, 5.41) is 3.62. The fourth-order valence-corrected chi connectivity index (χ4v) is 0.554. The van der Waals surface area contributed by atoms with Gasteiger partial charge in [-0.1, -0.05) is 0 Å². The number of rotatable bonds is 1. The van der Waals surface area contributed by atoms with Crippen molar-refractivity contribution < 1.29 is 4.52 Å². The first-order chi connectivity index (χ1) is 3.97. The second kappa shape index (κ2) is 1.21. The molecule has 0 amide bonds. The van der Waals surface area contributed by atoms with Crippen molar-refractivity contribution in [2.24, 2.45) is 0 Å². The molecule has 1 aliphatic heterocycles. The average Bonchev–Trinajstić information content (AvgIpc) is 2.49. The van der Waals surface area contributed by atoms with Crippen molar-refractivity contribution in [1.82, 2.24) is 10.1 Å². The molecule has 0 atom stereocenters. The van der Waals surface area contributed by atoms with Gasteiger partial charge in [0.15, 0.2) is 0 Å². The van der Waals surface area contributed by atoms with Crippen LogP contribution in [-0.2, 0) is 0 Å². The van der Waals surface area contributed by atoms with E-state index in [9.17, 15) is 0 Å². The van der Waals surface area contributed by atoms with E-state index in [1.807, 2.05) is 4.90 Å². The third kappa shape index (κ3) is 0.458. The van der Waals surface area contributed by atoms with Crippen LogP contribution in [0.5, 0.6) is 0 Å². The topological polar surface area (TPSA) is 41.9 Å². The first kappa shape index (κ1) is 3.88. The number of anilines is 1. The second-order valence-electron chi connectivity index (χ2n) is 1.72. The SMILES string of the molecule is c1nc(N2CC2)no1. The van der Waals surface area contributed by atoms with Crippen molar-refractivity contribution in [2.45, 2.75) is 0 Å². The van der Waals surface area contributed by atoms with Crippen molar-refractivity contribution in [2.75, 3.05) is 18.0 Å². The lowest BCUT2D eigenvalue weighted by molar-refractivity contribution is 0.418. The van der Waals surface area contributed by atoms with Gasteiger partial charge >= 0.3 is 0 Å². The molecule has 0 bridgehead atoms. The highest BCUT2D eigenvalue weighted by Crippen LogP contribution is 2.13. The van der Waals surface area contributed by atoms with Gasteiger partial charge in [0.1, 0.15) is 0 Å². The van der Waals surface area contributed by atoms with Crippen molar-refractivity contribution in [3.63, 3.8) is 0 Å². The second-order valence-corrected chi connectivity index (χ2v) is 1.72. The van der Waals surface area contributed by atoms with Crippen LogP contribution < -0.4 is 4.90 Å². The molecule has 2 rings (SSSR count). The van der Waals surface area contributed by atoms with Crippen LogP contribution in [0.4, 0.5) is 5.95 Å². The maximum atomic E-state index is 4.51. The van der Waals surface area contributed by atoms with Gasteiger partial charge in [-0.3, -0.25) is 0 Å². The molecule has 1 aromatic heterocycles. The van der Waals surface area contributed by atoms with Crippen molar-refractivity contribution in [3.05, 3.63) is 6.39 Å². The summed E-state index contributed by atoms with van der Waals surface area (Å²) in [6.45, 7) is 2.14. The average molecular weight is 111 g/mol. The van der Waals surface area contributed by atoms with Gasteiger partial charge in [0.05, 0.1) is 0 Å². The van der Waals surface area contributed by atoms with Crippen LogP contribution in [-0.4, -0.2) is 23.2 Å². The lowest BCUT2D eigenvalue weighted by Gasteiger charge is -1.85. The van der Waals surface area contributed by atoms with Gasteiger partial charge in [0.2, 0.25) is 6.39 Å².